The van der Waals surface area contributed by atoms with Gasteiger partial charge in [0.05, 0.1) is 0 Å². The van der Waals surface area contributed by atoms with Gasteiger partial charge in [-0.1, -0.05) is 6.08 Å². The van der Waals surface area contributed by atoms with Crippen LogP contribution in [0.3, 0.4) is 0 Å². The molecule has 0 saturated heterocycles. The van der Waals surface area contributed by atoms with Crippen LogP contribution in [-0.2, 0) is 4.79 Å². The third kappa shape index (κ3) is 1.23. The zero-order chi connectivity index (χ0) is 7.56. The Morgan fingerprint density at radius 1 is 1.70 bits per heavy atom. The van der Waals surface area contributed by atoms with Crippen LogP contribution in [0.2, 0.25) is 0 Å². The first kappa shape index (κ1) is 6.99. The number of nitrogens with zero attached hydrogens (tertiary/aromatic N) is 2. The van der Waals surface area contributed by atoms with Crippen LogP contribution in [0.25, 0.3) is 0 Å². The molecule has 0 fully saturated rings. The predicted octanol–water partition coefficient (Wildman–Crippen LogP) is 0.781. The van der Waals surface area contributed by atoms with Crippen molar-refractivity contribution in [1.82, 2.24) is 4.90 Å². The van der Waals surface area contributed by atoms with E-state index in [4.69, 9.17) is 0 Å². The minimum Gasteiger partial charge on any atom is -0.327 e. The van der Waals surface area contributed by atoms with Gasteiger partial charge in [-0.25, -0.2) is 0 Å². The topological polar surface area (TPSA) is 32.7 Å². The zero-order valence-corrected chi connectivity index (χ0v) is 6.16. The number of hydrogen-bond acceptors (Lipinski definition) is 2. The lowest BCUT2D eigenvalue weighted by Crippen LogP contribution is -2.19. The van der Waals surface area contributed by atoms with Gasteiger partial charge >= 0.3 is 0 Å². The maximum absolute atomic E-state index is 10.7. The Hall–Kier alpha value is -1.12. The third-order valence-electron chi connectivity index (χ3n) is 1.34. The zero-order valence-electron chi connectivity index (χ0n) is 6.16. The van der Waals surface area contributed by atoms with E-state index >= 15 is 0 Å². The van der Waals surface area contributed by atoms with E-state index in [0.717, 1.165) is 5.84 Å². The van der Waals surface area contributed by atoms with Crippen molar-refractivity contribution in [2.45, 2.75) is 13.8 Å². The molecular formula is C7H10N2O. The quantitative estimate of drug-likeness (QED) is 0.536. The smallest absolute Gasteiger partial charge is 0.267 e. The summed E-state index contributed by atoms with van der Waals surface area (Å²) in [5.41, 5.74) is 0. The summed E-state index contributed by atoms with van der Waals surface area (Å²) in [4.78, 5) is 16.2. The van der Waals surface area contributed by atoms with Crippen LogP contribution in [0.4, 0.5) is 0 Å². The van der Waals surface area contributed by atoms with Crippen LogP contribution in [0.1, 0.15) is 13.8 Å². The minimum atomic E-state index is -0.0596. The molecule has 0 unspecified atom stereocenters. The largest absolute Gasteiger partial charge is 0.327 e. The van der Waals surface area contributed by atoms with Crippen molar-refractivity contribution >= 4 is 11.7 Å². The fourth-order valence-corrected chi connectivity index (χ4v) is 0.881. The highest BCUT2D eigenvalue weighted by atomic mass is 16.2. The number of amides is 1. The van der Waals surface area contributed by atoms with Crippen LogP contribution in [0.5, 0.6) is 0 Å². The number of carbonyl (C=O) groups excluding carboxylic acids is 1. The SMILES string of the molecule is C/C=C\N1CC(=O)N=C1C. The Morgan fingerprint density at radius 2 is 2.40 bits per heavy atom. The molecule has 3 nitrogen and oxygen atoms in total. The molecule has 0 aromatic carbocycles. The summed E-state index contributed by atoms with van der Waals surface area (Å²) in [5.74, 6) is 0.721. The van der Waals surface area contributed by atoms with Crippen molar-refractivity contribution < 1.29 is 4.79 Å². The molecule has 0 aliphatic carbocycles. The van der Waals surface area contributed by atoms with E-state index in [1.54, 1.807) is 0 Å². The molecule has 0 saturated carbocycles. The fourth-order valence-electron chi connectivity index (χ4n) is 0.881. The van der Waals surface area contributed by atoms with E-state index in [2.05, 4.69) is 4.99 Å². The van der Waals surface area contributed by atoms with Gasteiger partial charge in [0, 0.05) is 6.20 Å². The molecule has 0 radical (unpaired) electrons. The Labute approximate surface area is 60.1 Å². The van der Waals surface area contributed by atoms with Crippen molar-refractivity contribution in [3.05, 3.63) is 12.3 Å². The van der Waals surface area contributed by atoms with Gasteiger partial charge in [0.2, 0.25) is 0 Å². The van der Waals surface area contributed by atoms with Gasteiger partial charge in [-0.3, -0.25) is 4.79 Å². The molecule has 1 aliphatic heterocycles. The number of amidine groups is 1. The monoisotopic (exact) mass is 138 g/mol. The minimum absolute atomic E-state index is 0.0596. The number of rotatable bonds is 1. The van der Waals surface area contributed by atoms with Gasteiger partial charge in [0.1, 0.15) is 12.4 Å². The first-order valence-electron chi connectivity index (χ1n) is 3.21. The highest BCUT2D eigenvalue weighted by molar-refractivity contribution is 6.01. The van der Waals surface area contributed by atoms with Crippen LogP contribution in [0, 0.1) is 0 Å². The summed E-state index contributed by atoms with van der Waals surface area (Å²) in [6, 6.07) is 0. The standard InChI is InChI=1S/C7H10N2O/c1-3-4-9-5-7(10)8-6(9)2/h3-4H,5H2,1-2H3/b4-3-. The molecule has 0 atom stereocenters. The van der Waals surface area contributed by atoms with Gasteiger partial charge in [-0.15, -0.1) is 0 Å². The summed E-state index contributed by atoms with van der Waals surface area (Å²) in [5, 5.41) is 0. The molecule has 1 aliphatic rings. The lowest BCUT2D eigenvalue weighted by atomic mass is 10.5. The number of aliphatic imine (C=N–C) groups is 1. The number of carbonyl (C=O) groups is 1. The average molecular weight is 138 g/mol. The number of hydrogen-bond donors (Lipinski definition) is 0. The van der Waals surface area contributed by atoms with E-state index in [1.165, 1.54) is 0 Å². The van der Waals surface area contributed by atoms with Crippen LogP contribution >= 0.6 is 0 Å². The first-order valence-corrected chi connectivity index (χ1v) is 3.21. The lowest BCUT2D eigenvalue weighted by Gasteiger charge is -2.08. The lowest BCUT2D eigenvalue weighted by molar-refractivity contribution is -0.116. The third-order valence-corrected chi connectivity index (χ3v) is 1.34. The molecule has 3 heteroatoms. The predicted molar refractivity (Wildman–Crippen MR) is 39.6 cm³/mol. The molecule has 1 rings (SSSR count). The van der Waals surface area contributed by atoms with Crippen molar-refractivity contribution in [3.8, 4) is 0 Å². The second-order valence-electron chi connectivity index (χ2n) is 2.16. The normalized spacial score (nSPS) is 18.8. The highest BCUT2D eigenvalue weighted by Gasteiger charge is 2.16. The van der Waals surface area contributed by atoms with Crippen LogP contribution in [0.15, 0.2) is 17.3 Å². The Balaban J connectivity index is 2.68. The fraction of sp³-hybridized carbons (Fsp3) is 0.429. The molecule has 0 spiro atoms. The van der Waals surface area contributed by atoms with Gasteiger partial charge < -0.3 is 4.90 Å². The summed E-state index contributed by atoms with van der Waals surface area (Å²) in [7, 11) is 0. The second kappa shape index (κ2) is 2.64. The Bertz CT molecular complexity index is 206. The molecular weight excluding hydrogens is 128 g/mol. The summed E-state index contributed by atoms with van der Waals surface area (Å²) in [6.07, 6.45) is 3.74. The van der Waals surface area contributed by atoms with E-state index < -0.39 is 0 Å². The Morgan fingerprint density at radius 3 is 2.80 bits per heavy atom. The van der Waals surface area contributed by atoms with Crippen molar-refractivity contribution in [2.75, 3.05) is 6.54 Å². The molecule has 0 aromatic heterocycles. The van der Waals surface area contributed by atoms with Crippen molar-refractivity contribution in [3.63, 3.8) is 0 Å². The molecule has 1 amide bonds. The summed E-state index contributed by atoms with van der Waals surface area (Å²) in [6.45, 7) is 4.14. The molecule has 0 bridgehead atoms. The van der Waals surface area contributed by atoms with E-state index in [0.29, 0.717) is 6.54 Å². The van der Waals surface area contributed by atoms with E-state index in [1.807, 2.05) is 31.0 Å². The van der Waals surface area contributed by atoms with Crippen LogP contribution in [-0.4, -0.2) is 23.2 Å². The maximum atomic E-state index is 10.7. The van der Waals surface area contributed by atoms with E-state index in [9.17, 15) is 4.79 Å². The van der Waals surface area contributed by atoms with Gasteiger partial charge in [-0.2, -0.15) is 4.99 Å². The molecule has 10 heavy (non-hydrogen) atoms. The number of allylic oxidation sites excluding steroid dienone is 1. The van der Waals surface area contributed by atoms with Crippen molar-refractivity contribution in [1.29, 1.82) is 0 Å². The molecule has 0 N–H and O–H groups in total. The van der Waals surface area contributed by atoms with Gasteiger partial charge in [-0.05, 0) is 13.8 Å². The van der Waals surface area contributed by atoms with Crippen molar-refractivity contribution in [2.24, 2.45) is 4.99 Å². The second-order valence-corrected chi connectivity index (χ2v) is 2.16. The maximum Gasteiger partial charge on any atom is 0.267 e. The molecule has 0 aromatic rings. The Kier molecular flexibility index (Phi) is 1.85. The van der Waals surface area contributed by atoms with Gasteiger partial charge in [0.15, 0.2) is 0 Å². The summed E-state index contributed by atoms with van der Waals surface area (Å²) >= 11 is 0. The first-order chi connectivity index (χ1) is 4.74. The van der Waals surface area contributed by atoms with Crippen LogP contribution < -0.4 is 0 Å². The average Bonchev–Trinajstić information content (AvgIpc) is 2.13. The molecule has 54 valence electrons. The van der Waals surface area contributed by atoms with E-state index in [-0.39, 0.29) is 5.91 Å². The molecule has 1 heterocycles. The highest BCUT2D eigenvalue weighted by Crippen LogP contribution is 2.02. The summed E-state index contributed by atoms with van der Waals surface area (Å²) < 4.78 is 0. The van der Waals surface area contributed by atoms with Gasteiger partial charge in [0.25, 0.3) is 5.91 Å².